The molecule has 0 unspecified atom stereocenters. The molecular formula is C23H23ClN6O4S. The molecule has 12 heteroatoms. The number of thioether (sulfide) groups is 1. The molecule has 0 aliphatic rings. The SMILES string of the molecule is C=CCn1c(CC(=O)Nc2ccc(C)c(Cl)c2)nnc1SCC(=O)Nc1cc([N+](=O)[O-])ccc1C. The fourth-order valence-corrected chi connectivity index (χ4v) is 4.01. The van der Waals surface area contributed by atoms with Crippen molar-refractivity contribution in [1.29, 1.82) is 0 Å². The summed E-state index contributed by atoms with van der Waals surface area (Å²) in [5.41, 5.74) is 2.43. The maximum Gasteiger partial charge on any atom is 0.271 e. The first-order chi connectivity index (χ1) is 16.7. The van der Waals surface area contributed by atoms with E-state index in [0.717, 1.165) is 17.3 Å². The molecule has 0 radical (unpaired) electrons. The van der Waals surface area contributed by atoms with Crippen LogP contribution in [0.4, 0.5) is 17.1 Å². The van der Waals surface area contributed by atoms with Gasteiger partial charge >= 0.3 is 0 Å². The molecular weight excluding hydrogens is 492 g/mol. The molecule has 182 valence electrons. The van der Waals surface area contributed by atoms with E-state index in [1.807, 2.05) is 13.0 Å². The van der Waals surface area contributed by atoms with Crippen molar-refractivity contribution in [2.24, 2.45) is 0 Å². The van der Waals surface area contributed by atoms with Gasteiger partial charge in [-0.05, 0) is 37.1 Å². The second kappa shape index (κ2) is 11.6. The first-order valence-corrected chi connectivity index (χ1v) is 11.8. The molecule has 1 heterocycles. The number of amides is 2. The maximum atomic E-state index is 12.5. The molecule has 0 bridgehead atoms. The fraction of sp³-hybridized carbons (Fsp3) is 0.217. The second-order valence-corrected chi connectivity index (χ2v) is 8.93. The van der Waals surface area contributed by atoms with Gasteiger partial charge in [-0.25, -0.2) is 0 Å². The van der Waals surface area contributed by atoms with E-state index >= 15 is 0 Å². The van der Waals surface area contributed by atoms with Gasteiger partial charge in [-0.2, -0.15) is 0 Å². The van der Waals surface area contributed by atoms with Crippen molar-refractivity contribution in [1.82, 2.24) is 14.8 Å². The van der Waals surface area contributed by atoms with Gasteiger partial charge in [0.25, 0.3) is 5.69 Å². The van der Waals surface area contributed by atoms with Crippen LogP contribution in [-0.2, 0) is 22.6 Å². The number of nitro groups is 1. The molecule has 35 heavy (non-hydrogen) atoms. The monoisotopic (exact) mass is 514 g/mol. The molecule has 0 saturated carbocycles. The number of aryl methyl sites for hydroxylation is 2. The number of nitrogens with one attached hydrogen (secondary N) is 2. The lowest BCUT2D eigenvalue weighted by molar-refractivity contribution is -0.384. The van der Waals surface area contributed by atoms with Crippen LogP contribution in [0.15, 0.2) is 54.2 Å². The van der Waals surface area contributed by atoms with Crippen LogP contribution in [0.1, 0.15) is 17.0 Å². The minimum absolute atomic E-state index is 0.00846. The number of nitro benzene ring substituents is 1. The van der Waals surface area contributed by atoms with Crippen LogP contribution in [0.5, 0.6) is 0 Å². The minimum atomic E-state index is -0.521. The number of nitrogens with zero attached hydrogens (tertiary/aromatic N) is 4. The normalized spacial score (nSPS) is 10.6. The lowest BCUT2D eigenvalue weighted by Crippen LogP contribution is -2.18. The highest BCUT2D eigenvalue weighted by molar-refractivity contribution is 7.99. The van der Waals surface area contributed by atoms with E-state index in [0.29, 0.717) is 39.5 Å². The van der Waals surface area contributed by atoms with E-state index in [1.54, 1.807) is 35.8 Å². The summed E-state index contributed by atoms with van der Waals surface area (Å²) in [6, 6.07) is 9.51. The molecule has 2 N–H and O–H groups in total. The van der Waals surface area contributed by atoms with Crippen molar-refractivity contribution in [3.05, 3.63) is 81.1 Å². The van der Waals surface area contributed by atoms with Crippen molar-refractivity contribution < 1.29 is 14.5 Å². The number of carbonyl (C=O) groups excluding carboxylic acids is 2. The number of halogens is 1. The molecule has 0 saturated heterocycles. The number of non-ortho nitro benzene ring substituents is 1. The number of aromatic nitrogens is 3. The number of hydrogen-bond donors (Lipinski definition) is 2. The number of benzene rings is 2. The van der Waals surface area contributed by atoms with Gasteiger partial charge in [0, 0.05) is 29.4 Å². The summed E-state index contributed by atoms with van der Waals surface area (Å²) in [4.78, 5) is 35.5. The van der Waals surface area contributed by atoms with E-state index < -0.39 is 4.92 Å². The first kappa shape index (κ1) is 25.9. The van der Waals surface area contributed by atoms with E-state index in [2.05, 4.69) is 27.4 Å². The van der Waals surface area contributed by atoms with Gasteiger partial charge in [0.15, 0.2) is 5.16 Å². The number of hydrogen-bond acceptors (Lipinski definition) is 7. The van der Waals surface area contributed by atoms with Gasteiger partial charge in [0.1, 0.15) is 5.82 Å². The average Bonchev–Trinajstić information content (AvgIpc) is 3.17. The molecule has 3 aromatic rings. The van der Waals surface area contributed by atoms with Gasteiger partial charge in [-0.3, -0.25) is 19.7 Å². The fourth-order valence-electron chi connectivity index (χ4n) is 3.06. The van der Waals surface area contributed by atoms with E-state index in [4.69, 9.17) is 11.6 Å². The molecule has 1 aromatic heterocycles. The Hall–Kier alpha value is -3.70. The highest BCUT2D eigenvalue weighted by Gasteiger charge is 2.17. The molecule has 2 amide bonds. The summed E-state index contributed by atoms with van der Waals surface area (Å²) >= 11 is 7.25. The number of rotatable bonds is 10. The van der Waals surface area contributed by atoms with E-state index in [9.17, 15) is 19.7 Å². The van der Waals surface area contributed by atoms with Crippen LogP contribution in [0.2, 0.25) is 5.02 Å². The molecule has 2 aromatic carbocycles. The zero-order valence-corrected chi connectivity index (χ0v) is 20.7. The molecule has 0 aliphatic heterocycles. The lowest BCUT2D eigenvalue weighted by atomic mass is 10.2. The standard InChI is InChI=1S/C23H23ClN6O4S/c1-4-9-29-20(12-21(31)25-16-7-5-14(2)18(24)10-16)27-28-23(29)35-13-22(32)26-19-11-17(30(33)34)8-6-15(19)3/h4-8,10-11H,1,9,12-13H2,2-3H3,(H,25,31)(H,26,32). The molecule has 0 spiro atoms. The number of allylic oxidation sites excluding steroid dienone is 1. The summed E-state index contributed by atoms with van der Waals surface area (Å²) in [5, 5.41) is 25.7. The largest absolute Gasteiger partial charge is 0.326 e. The molecule has 10 nitrogen and oxygen atoms in total. The third kappa shape index (κ3) is 6.90. The number of anilines is 2. The Kier molecular flexibility index (Phi) is 8.61. The lowest BCUT2D eigenvalue weighted by Gasteiger charge is -2.10. The average molecular weight is 515 g/mol. The summed E-state index contributed by atoms with van der Waals surface area (Å²) in [6.07, 6.45) is 1.60. The quantitative estimate of drug-likeness (QED) is 0.175. The second-order valence-electron chi connectivity index (χ2n) is 7.58. The molecule has 3 rings (SSSR count). The van der Waals surface area contributed by atoms with Crippen LogP contribution in [0.25, 0.3) is 0 Å². The molecule has 0 atom stereocenters. The maximum absolute atomic E-state index is 12.5. The Morgan fingerprint density at radius 3 is 2.57 bits per heavy atom. The molecule has 0 fully saturated rings. The Bertz CT molecular complexity index is 1290. The third-order valence-electron chi connectivity index (χ3n) is 4.92. The van der Waals surface area contributed by atoms with E-state index in [-0.39, 0.29) is 29.7 Å². The highest BCUT2D eigenvalue weighted by Crippen LogP contribution is 2.24. The zero-order chi connectivity index (χ0) is 25.5. The van der Waals surface area contributed by atoms with Crippen LogP contribution in [0.3, 0.4) is 0 Å². The predicted molar refractivity (Wildman–Crippen MR) is 136 cm³/mol. The van der Waals surface area contributed by atoms with Crippen LogP contribution >= 0.6 is 23.4 Å². The van der Waals surface area contributed by atoms with Gasteiger partial charge < -0.3 is 15.2 Å². The Morgan fingerprint density at radius 1 is 1.14 bits per heavy atom. The van der Waals surface area contributed by atoms with E-state index in [1.165, 1.54) is 12.1 Å². The van der Waals surface area contributed by atoms with Crippen molar-refractivity contribution in [3.63, 3.8) is 0 Å². The van der Waals surface area contributed by atoms with Crippen molar-refractivity contribution in [3.8, 4) is 0 Å². The van der Waals surface area contributed by atoms with Crippen LogP contribution in [0, 0.1) is 24.0 Å². The van der Waals surface area contributed by atoms with Crippen LogP contribution < -0.4 is 10.6 Å². The minimum Gasteiger partial charge on any atom is -0.326 e. The Balaban J connectivity index is 1.65. The van der Waals surface area contributed by atoms with Crippen molar-refractivity contribution in [2.75, 3.05) is 16.4 Å². The van der Waals surface area contributed by atoms with Crippen molar-refractivity contribution in [2.45, 2.75) is 32.0 Å². The smallest absolute Gasteiger partial charge is 0.271 e. The van der Waals surface area contributed by atoms with Gasteiger partial charge in [-0.15, -0.1) is 16.8 Å². The number of carbonyl (C=O) groups is 2. The summed E-state index contributed by atoms with van der Waals surface area (Å²) in [6.45, 7) is 7.69. The summed E-state index contributed by atoms with van der Waals surface area (Å²) < 4.78 is 1.70. The predicted octanol–water partition coefficient (Wildman–Crippen LogP) is 4.55. The molecule has 0 aliphatic carbocycles. The Morgan fingerprint density at radius 2 is 1.89 bits per heavy atom. The van der Waals surface area contributed by atoms with Crippen molar-refractivity contribution >= 4 is 52.2 Å². The highest BCUT2D eigenvalue weighted by atomic mass is 35.5. The summed E-state index contributed by atoms with van der Waals surface area (Å²) in [5.74, 6) is -0.246. The Labute approximate surface area is 210 Å². The first-order valence-electron chi connectivity index (χ1n) is 10.4. The third-order valence-corrected chi connectivity index (χ3v) is 6.29. The summed E-state index contributed by atoms with van der Waals surface area (Å²) in [7, 11) is 0. The topological polar surface area (TPSA) is 132 Å². The zero-order valence-electron chi connectivity index (χ0n) is 19.1. The van der Waals surface area contributed by atoms with Gasteiger partial charge in [0.05, 0.1) is 22.8 Å². The van der Waals surface area contributed by atoms with Crippen LogP contribution in [-0.4, -0.2) is 37.3 Å². The van der Waals surface area contributed by atoms with Gasteiger partial charge in [0.2, 0.25) is 11.8 Å². The van der Waals surface area contributed by atoms with Gasteiger partial charge in [-0.1, -0.05) is 41.6 Å².